The third-order valence-corrected chi connectivity index (χ3v) is 4.70. The standard InChI is InChI=1S/C19H22N4O.2ClH/c1-12-5-6-17(24-3)18-13(2)9-15(21-19(12)18)16-10-14-11-20-7-4-8-23(14)22-16;;/h5-6,9-10,20H,4,7-8,11H2,1-3H3;2*1H. The number of ether oxygens (including phenoxy) is 1. The number of hydrogen-bond acceptors (Lipinski definition) is 4. The van der Waals surface area contributed by atoms with E-state index in [2.05, 4.69) is 42.0 Å². The molecule has 2 aromatic heterocycles. The van der Waals surface area contributed by atoms with Crippen LogP contribution in [0.3, 0.4) is 0 Å². The maximum Gasteiger partial charge on any atom is 0.128 e. The van der Waals surface area contributed by atoms with Gasteiger partial charge < -0.3 is 10.1 Å². The zero-order chi connectivity index (χ0) is 16.7. The van der Waals surface area contributed by atoms with Crippen molar-refractivity contribution in [3.8, 4) is 17.1 Å². The Morgan fingerprint density at radius 1 is 1.08 bits per heavy atom. The normalized spacial score (nSPS) is 13.3. The molecule has 1 aromatic carbocycles. The zero-order valence-electron chi connectivity index (χ0n) is 15.2. The van der Waals surface area contributed by atoms with E-state index in [-0.39, 0.29) is 24.8 Å². The molecule has 0 saturated heterocycles. The molecule has 0 saturated carbocycles. The Bertz CT molecular complexity index is 900. The van der Waals surface area contributed by atoms with Crippen LogP contribution in [-0.2, 0) is 13.1 Å². The van der Waals surface area contributed by atoms with Crippen molar-refractivity contribution in [2.45, 2.75) is 33.4 Å². The van der Waals surface area contributed by atoms with E-state index in [1.165, 1.54) is 5.69 Å². The van der Waals surface area contributed by atoms with Crippen LogP contribution in [0.15, 0.2) is 24.3 Å². The van der Waals surface area contributed by atoms with E-state index >= 15 is 0 Å². The van der Waals surface area contributed by atoms with Gasteiger partial charge in [-0.2, -0.15) is 5.10 Å². The first kappa shape index (κ1) is 20.5. The largest absolute Gasteiger partial charge is 0.496 e. The van der Waals surface area contributed by atoms with E-state index in [4.69, 9.17) is 14.8 Å². The van der Waals surface area contributed by atoms with Crippen LogP contribution >= 0.6 is 24.8 Å². The quantitative estimate of drug-likeness (QED) is 0.711. The Kier molecular flexibility index (Phi) is 6.50. The molecule has 140 valence electrons. The minimum atomic E-state index is 0. The maximum absolute atomic E-state index is 5.52. The van der Waals surface area contributed by atoms with Crippen molar-refractivity contribution in [1.29, 1.82) is 0 Å². The number of benzene rings is 1. The van der Waals surface area contributed by atoms with E-state index < -0.39 is 0 Å². The second kappa shape index (κ2) is 8.25. The van der Waals surface area contributed by atoms with Crippen molar-refractivity contribution in [2.24, 2.45) is 0 Å². The lowest BCUT2D eigenvalue weighted by Crippen LogP contribution is -2.11. The Balaban J connectivity index is 0.00000121. The average molecular weight is 395 g/mol. The fourth-order valence-corrected chi connectivity index (χ4v) is 3.42. The number of pyridine rings is 1. The Labute approximate surface area is 166 Å². The van der Waals surface area contributed by atoms with E-state index in [1.54, 1.807) is 7.11 Å². The van der Waals surface area contributed by atoms with Gasteiger partial charge in [0.05, 0.1) is 24.0 Å². The van der Waals surface area contributed by atoms with Crippen LogP contribution in [0.4, 0.5) is 0 Å². The minimum absolute atomic E-state index is 0. The Morgan fingerprint density at radius 2 is 1.88 bits per heavy atom. The molecule has 1 aliphatic heterocycles. The second-order valence-electron chi connectivity index (χ2n) is 6.41. The highest BCUT2D eigenvalue weighted by molar-refractivity contribution is 5.92. The van der Waals surface area contributed by atoms with Gasteiger partial charge in [-0.15, -0.1) is 24.8 Å². The number of aryl methyl sites for hydroxylation is 3. The second-order valence-corrected chi connectivity index (χ2v) is 6.41. The summed E-state index contributed by atoms with van der Waals surface area (Å²) in [6.07, 6.45) is 1.11. The molecule has 4 rings (SSSR count). The molecule has 0 spiro atoms. The molecule has 0 unspecified atom stereocenters. The van der Waals surface area contributed by atoms with Gasteiger partial charge in [-0.3, -0.25) is 4.68 Å². The number of aromatic nitrogens is 3. The van der Waals surface area contributed by atoms with E-state index in [0.717, 1.165) is 65.2 Å². The molecule has 7 heteroatoms. The summed E-state index contributed by atoms with van der Waals surface area (Å²) in [6, 6.07) is 8.33. The number of rotatable bonds is 2. The van der Waals surface area contributed by atoms with Crippen LogP contribution in [0.25, 0.3) is 22.3 Å². The summed E-state index contributed by atoms with van der Waals surface area (Å²) >= 11 is 0. The van der Waals surface area contributed by atoms with Gasteiger partial charge in [0.25, 0.3) is 0 Å². The van der Waals surface area contributed by atoms with Crippen molar-refractivity contribution in [2.75, 3.05) is 13.7 Å². The van der Waals surface area contributed by atoms with Crippen molar-refractivity contribution >= 4 is 35.7 Å². The minimum Gasteiger partial charge on any atom is -0.496 e. The third kappa shape index (κ3) is 3.52. The van der Waals surface area contributed by atoms with Gasteiger partial charge in [-0.05, 0) is 56.1 Å². The summed E-state index contributed by atoms with van der Waals surface area (Å²) in [4.78, 5) is 4.91. The summed E-state index contributed by atoms with van der Waals surface area (Å²) < 4.78 is 7.63. The first-order valence-electron chi connectivity index (χ1n) is 8.40. The molecule has 3 aromatic rings. The molecule has 0 atom stereocenters. The third-order valence-electron chi connectivity index (χ3n) is 4.70. The fourth-order valence-electron chi connectivity index (χ4n) is 3.42. The first-order chi connectivity index (χ1) is 11.7. The van der Waals surface area contributed by atoms with E-state index in [0.29, 0.717) is 0 Å². The van der Waals surface area contributed by atoms with Gasteiger partial charge in [0.15, 0.2) is 0 Å². The van der Waals surface area contributed by atoms with Gasteiger partial charge in [0.1, 0.15) is 11.4 Å². The van der Waals surface area contributed by atoms with Gasteiger partial charge in [0, 0.05) is 18.5 Å². The highest BCUT2D eigenvalue weighted by atomic mass is 35.5. The number of halogens is 2. The molecule has 0 radical (unpaired) electrons. The lowest BCUT2D eigenvalue weighted by molar-refractivity contribution is 0.419. The molecule has 3 heterocycles. The Morgan fingerprint density at radius 3 is 2.65 bits per heavy atom. The van der Waals surface area contributed by atoms with Crippen LogP contribution in [0.1, 0.15) is 23.2 Å². The average Bonchev–Trinajstić information content (AvgIpc) is 2.86. The van der Waals surface area contributed by atoms with E-state index in [1.807, 2.05) is 6.07 Å². The molecule has 5 nitrogen and oxygen atoms in total. The summed E-state index contributed by atoms with van der Waals surface area (Å²) in [5.41, 5.74) is 6.41. The highest BCUT2D eigenvalue weighted by Crippen LogP contribution is 2.32. The molecule has 0 bridgehead atoms. The lowest BCUT2D eigenvalue weighted by Gasteiger charge is -2.11. The SMILES string of the molecule is COc1ccc(C)c2nc(-c3cc4n(n3)CCCNC4)cc(C)c12.Cl.Cl. The van der Waals surface area contributed by atoms with Gasteiger partial charge in [0.2, 0.25) is 0 Å². The van der Waals surface area contributed by atoms with Crippen molar-refractivity contribution in [3.63, 3.8) is 0 Å². The van der Waals surface area contributed by atoms with Crippen LogP contribution in [0, 0.1) is 13.8 Å². The summed E-state index contributed by atoms with van der Waals surface area (Å²) in [5.74, 6) is 0.872. The van der Waals surface area contributed by atoms with Crippen molar-refractivity contribution in [1.82, 2.24) is 20.1 Å². The number of methoxy groups -OCH3 is 1. The monoisotopic (exact) mass is 394 g/mol. The van der Waals surface area contributed by atoms with Gasteiger partial charge in [-0.1, -0.05) is 6.07 Å². The molecule has 26 heavy (non-hydrogen) atoms. The molecule has 1 N–H and O–H groups in total. The molecule has 0 fully saturated rings. The molecule has 0 amide bonds. The molecular formula is C19H24Cl2N4O. The van der Waals surface area contributed by atoms with Crippen LogP contribution in [0.5, 0.6) is 5.75 Å². The van der Waals surface area contributed by atoms with Crippen LogP contribution in [-0.4, -0.2) is 28.4 Å². The van der Waals surface area contributed by atoms with Crippen LogP contribution in [0.2, 0.25) is 0 Å². The summed E-state index contributed by atoms with van der Waals surface area (Å²) in [7, 11) is 1.71. The van der Waals surface area contributed by atoms with Gasteiger partial charge in [-0.25, -0.2) is 4.98 Å². The molecule has 1 aliphatic rings. The predicted molar refractivity (Wildman–Crippen MR) is 110 cm³/mol. The van der Waals surface area contributed by atoms with Crippen LogP contribution < -0.4 is 10.1 Å². The topological polar surface area (TPSA) is 52.0 Å². The van der Waals surface area contributed by atoms with Crippen molar-refractivity contribution in [3.05, 3.63) is 41.1 Å². The number of fused-ring (bicyclic) bond motifs is 2. The summed E-state index contributed by atoms with van der Waals surface area (Å²) in [6.45, 7) is 7.07. The van der Waals surface area contributed by atoms with Gasteiger partial charge >= 0.3 is 0 Å². The number of nitrogens with one attached hydrogen (secondary N) is 1. The lowest BCUT2D eigenvalue weighted by atomic mass is 10.0. The first-order valence-corrected chi connectivity index (χ1v) is 8.40. The number of hydrogen-bond donors (Lipinski definition) is 1. The summed E-state index contributed by atoms with van der Waals surface area (Å²) in [5, 5.41) is 9.31. The number of nitrogens with zero attached hydrogens (tertiary/aromatic N) is 3. The predicted octanol–water partition coefficient (Wildman–Crippen LogP) is 4.06. The smallest absolute Gasteiger partial charge is 0.128 e. The molecule has 0 aliphatic carbocycles. The Hall–Kier alpha value is -1.82. The fraction of sp³-hybridized carbons (Fsp3) is 0.368. The molecular weight excluding hydrogens is 371 g/mol. The maximum atomic E-state index is 5.52. The zero-order valence-corrected chi connectivity index (χ0v) is 16.8. The van der Waals surface area contributed by atoms with Crippen molar-refractivity contribution < 1.29 is 4.74 Å². The highest BCUT2D eigenvalue weighted by Gasteiger charge is 2.16. The van der Waals surface area contributed by atoms with E-state index in [9.17, 15) is 0 Å².